The van der Waals surface area contributed by atoms with Gasteiger partial charge >= 0.3 is 0 Å². The van der Waals surface area contributed by atoms with E-state index in [0.717, 1.165) is 32.1 Å². The fourth-order valence-corrected chi connectivity index (χ4v) is 1.67. The molecule has 0 radical (unpaired) electrons. The van der Waals surface area contributed by atoms with Crippen LogP contribution in [-0.2, 0) is 9.59 Å². The average molecular weight is 184 g/mol. The summed E-state index contributed by atoms with van der Waals surface area (Å²) in [6.45, 7) is 0.789. The molecule has 1 heterocycles. The maximum absolute atomic E-state index is 11.5. The lowest BCUT2D eigenvalue weighted by atomic mass is 9.98. The van der Waals surface area contributed by atoms with Crippen molar-refractivity contribution < 1.29 is 9.59 Å². The minimum atomic E-state index is -0.145. The van der Waals surface area contributed by atoms with E-state index in [1.165, 1.54) is 0 Å². The summed E-state index contributed by atoms with van der Waals surface area (Å²) >= 11 is 0. The second-order valence-corrected chi connectivity index (χ2v) is 3.42. The van der Waals surface area contributed by atoms with Gasteiger partial charge in [-0.15, -0.1) is 0 Å². The number of nitrogens with two attached hydrogens (primary N) is 1. The van der Waals surface area contributed by atoms with Crippen LogP contribution in [-0.4, -0.2) is 29.7 Å². The summed E-state index contributed by atoms with van der Waals surface area (Å²) in [6, 6.07) is -0.145. The molecule has 0 bridgehead atoms. The van der Waals surface area contributed by atoms with Gasteiger partial charge in [0.15, 0.2) is 5.78 Å². The van der Waals surface area contributed by atoms with Crippen molar-refractivity contribution in [2.45, 2.75) is 38.1 Å². The number of aldehydes is 1. The van der Waals surface area contributed by atoms with Crippen molar-refractivity contribution in [1.82, 2.24) is 5.01 Å². The van der Waals surface area contributed by atoms with Gasteiger partial charge in [-0.05, 0) is 12.8 Å². The third-order valence-electron chi connectivity index (χ3n) is 2.42. The van der Waals surface area contributed by atoms with Gasteiger partial charge in [-0.3, -0.25) is 10.6 Å². The molecule has 1 fully saturated rings. The van der Waals surface area contributed by atoms with E-state index in [2.05, 4.69) is 0 Å². The molecule has 1 aliphatic rings. The van der Waals surface area contributed by atoms with Crippen LogP contribution in [0.15, 0.2) is 0 Å². The van der Waals surface area contributed by atoms with E-state index in [1.54, 1.807) is 5.01 Å². The van der Waals surface area contributed by atoms with Crippen molar-refractivity contribution in [2.24, 2.45) is 5.84 Å². The molecule has 4 nitrogen and oxygen atoms in total. The molecule has 0 spiro atoms. The lowest BCUT2D eigenvalue weighted by molar-refractivity contribution is -0.126. The van der Waals surface area contributed by atoms with Gasteiger partial charge in [0.05, 0.1) is 6.04 Å². The molecule has 1 rings (SSSR count). The van der Waals surface area contributed by atoms with Crippen molar-refractivity contribution in [3.63, 3.8) is 0 Å². The smallest absolute Gasteiger partial charge is 0.151 e. The Morgan fingerprint density at radius 1 is 1.54 bits per heavy atom. The number of carbonyl (C=O) groups excluding carboxylic acids is 2. The maximum Gasteiger partial charge on any atom is 0.151 e. The summed E-state index contributed by atoms with van der Waals surface area (Å²) in [7, 11) is 0. The molecular weight excluding hydrogens is 168 g/mol. The Balaban J connectivity index is 2.39. The lowest BCUT2D eigenvalue weighted by Gasteiger charge is -2.30. The van der Waals surface area contributed by atoms with Crippen LogP contribution in [0.2, 0.25) is 0 Å². The van der Waals surface area contributed by atoms with Gasteiger partial charge in [0.1, 0.15) is 6.29 Å². The number of rotatable bonds is 4. The van der Waals surface area contributed by atoms with Crippen LogP contribution in [0, 0.1) is 0 Å². The molecule has 1 unspecified atom stereocenters. The molecule has 13 heavy (non-hydrogen) atoms. The Bertz CT molecular complexity index is 194. The van der Waals surface area contributed by atoms with E-state index in [0.29, 0.717) is 12.8 Å². The van der Waals surface area contributed by atoms with Crippen LogP contribution in [0.1, 0.15) is 32.1 Å². The molecule has 74 valence electrons. The van der Waals surface area contributed by atoms with Gasteiger partial charge < -0.3 is 4.79 Å². The third-order valence-corrected chi connectivity index (χ3v) is 2.42. The molecule has 1 aliphatic heterocycles. The SMILES string of the molecule is NN1CCCCC1C(=O)CCC=O. The first-order valence-electron chi connectivity index (χ1n) is 4.73. The Labute approximate surface area is 78.0 Å². The lowest BCUT2D eigenvalue weighted by Crippen LogP contribution is -2.48. The van der Waals surface area contributed by atoms with Gasteiger partial charge in [-0.25, -0.2) is 5.01 Å². The molecule has 2 N–H and O–H groups in total. The number of ketones is 1. The number of hydrazine groups is 1. The highest BCUT2D eigenvalue weighted by Crippen LogP contribution is 2.15. The molecule has 0 aromatic rings. The molecule has 0 aromatic carbocycles. The molecule has 1 atom stereocenters. The number of hydrogen-bond acceptors (Lipinski definition) is 4. The zero-order valence-electron chi connectivity index (χ0n) is 7.74. The predicted molar refractivity (Wildman–Crippen MR) is 48.8 cm³/mol. The zero-order chi connectivity index (χ0) is 9.68. The van der Waals surface area contributed by atoms with Crippen molar-refractivity contribution in [2.75, 3.05) is 6.54 Å². The molecule has 0 amide bonds. The Morgan fingerprint density at radius 3 is 2.92 bits per heavy atom. The normalized spacial score (nSPS) is 24.2. The van der Waals surface area contributed by atoms with E-state index in [4.69, 9.17) is 5.84 Å². The van der Waals surface area contributed by atoms with Crippen molar-refractivity contribution in [3.8, 4) is 0 Å². The predicted octanol–water partition coefficient (Wildman–Crippen LogP) is 0.263. The van der Waals surface area contributed by atoms with Gasteiger partial charge in [-0.2, -0.15) is 0 Å². The third kappa shape index (κ3) is 2.90. The molecular formula is C9H16N2O2. The minimum absolute atomic E-state index is 0.106. The first-order valence-corrected chi connectivity index (χ1v) is 4.73. The first kappa shape index (κ1) is 10.3. The largest absolute Gasteiger partial charge is 0.303 e. The molecule has 0 aromatic heterocycles. The second kappa shape index (κ2) is 5.09. The van der Waals surface area contributed by atoms with Crippen LogP contribution in [0.5, 0.6) is 0 Å². The van der Waals surface area contributed by atoms with Gasteiger partial charge in [-0.1, -0.05) is 6.42 Å². The van der Waals surface area contributed by atoms with Crippen molar-refractivity contribution >= 4 is 12.1 Å². The number of carbonyl (C=O) groups is 2. The summed E-state index contributed by atoms with van der Waals surface area (Å²) in [5.41, 5.74) is 0. The summed E-state index contributed by atoms with van der Waals surface area (Å²) in [5.74, 6) is 5.78. The molecule has 1 saturated heterocycles. The molecule has 0 aliphatic carbocycles. The minimum Gasteiger partial charge on any atom is -0.303 e. The highest BCUT2D eigenvalue weighted by molar-refractivity contribution is 5.85. The van der Waals surface area contributed by atoms with Crippen LogP contribution < -0.4 is 5.84 Å². The fourth-order valence-electron chi connectivity index (χ4n) is 1.67. The van der Waals surface area contributed by atoms with Crippen molar-refractivity contribution in [3.05, 3.63) is 0 Å². The van der Waals surface area contributed by atoms with Crippen LogP contribution in [0.3, 0.4) is 0 Å². The first-order chi connectivity index (χ1) is 6.25. The second-order valence-electron chi connectivity index (χ2n) is 3.42. The maximum atomic E-state index is 11.5. The standard InChI is InChI=1S/C9H16N2O2/c10-11-6-2-1-4-8(11)9(13)5-3-7-12/h7-8H,1-6,10H2. The number of nitrogens with zero attached hydrogens (tertiary/aromatic N) is 1. The van der Waals surface area contributed by atoms with Crippen LogP contribution in [0.4, 0.5) is 0 Å². The van der Waals surface area contributed by atoms with Gasteiger partial charge in [0.2, 0.25) is 0 Å². The Hall–Kier alpha value is -0.740. The highest BCUT2D eigenvalue weighted by Gasteiger charge is 2.25. The molecule has 0 saturated carbocycles. The zero-order valence-corrected chi connectivity index (χ0v) is 7.74. The summed E-state index contributed by atoms with van der Waals surface area (Å²) in [6.07, 6.45) is 4.40. The number of hydrogen-bond donors (Lipinski definition) is 1. The van der Waals surface area contributed by atoms with E-state index >= 15 is 0 Å². The van der Waals surface area contributed by atoms with Crippen LogP contribution >= 0.6 is 0 Å². The van der Waals surface area contributed by atoms with E-state index < -0.39 is 0 Å². The van der Waals surface area contributed by atoms with Crippen LogP contribution in [0.25, 0.3) is 0 Å². The summed E-state index contributed by atoms with van der Waals surface area (Å²) in [5, 5.41) is 1.61. The van der Waals surface area contributed by atoms with E-state index in [9.17, 15) is 9.59 Å². The van der Waals surface area contributed by atoms with E-state index in [-0.39, 0.29) is 11.8 Å². The average Bonchev–Trinajstić information content (AvgIpc) is 2.15. The fraction of sp³-hybridized carbons (Fsp3) is 0.778. The van der Waals surface area contributed by atoms with Gasteiger partial charge in [0.25, 0.3) is 0 Å². The number of Topliss-reactive ketones (excluding diaryl/α,β-unsaturated/α-hetero) is 1. The Morgan fingerprint density at radius 2 is 2.31 bits per heavy atom. The van der Waals surface area contributed by atoms with Crippen molar-refractivity contribution in [1.29, 1.82) is 0 Å². The topological polar surface area (TPSA) is 63.4 Å². The summed E-state index contributed by atoms with van der Waals surface area (Å²) < 4.78 is 0. The highest BCUT2D eigenvalue weighted by atomic mass is 16.1. The van der Waals surface area contributed by atoms with E-state index in [1.807, 2.05) is 0 Å². The number of piperidine rings is 1. The summed E-state index contributed by atoms with van der Waals surface area (Å²) in [4.78, 5) is 21.6. The quantitative estimate of drug-likeness (QED) is 0.503. The van der Waals surface area contributed by atoms with Gasteiger partial charge in [0, 0.05) is 19.4 Å². The monoisotopic (exact) mass is 184 g/mol. The Kier molecular flexibility index (Phi) is 4.05. The molecule has 4 heteroatoms.